The molecule has 0 heterocycles. The Morgan fingerprint density at radius 2 is 2.07 bits per heavy atom. The van der Waals surface area contributed by atoms with Gasteiger partial charge in [0.25, 0.3) is 0 Å². The topological polar surface area (TPSA) is 0 Å². The van der Waals surface area contributed by atoms with Crippen molar-refractivity contribution in [2.75, 3.05) is 0 Å². The standard InChI is InChI=1S/C13H18Si/c1-4-10-8-7-9-12(11(10)5-2)13(14)6-3/h4-5,7-9,13H,1-2,6H2,3,14H3. The van der Waals surface area contributed by atoms with Crippen molar-refractivity contribution in [2.45, 2.75) is 18.9 Å². The van der Waals surface area contributed by atoms with E-state index in [1.165, 1.54) is 33.4 Å². The molecule has 1 aromatic carbocycles. The summed E-state index contributed by atoms with van der Waals surface area (Å²) in [5, 5.41) is 0. The molecule has 0 saturated heterocycles. The second-order valence-corrected chi connectivity index (χ2v) is 4.96. The lowest BCUT2D eigenvalue weighted by atomic mass is 9.97. The van der Waals surface area contributed by atoms with E-state index in [0.717, 1.165) is 5.54 Å². The van der Waals surface area contributed by atoms with Crippen LogP contribution >= 0.6 is 0 Å². The van der Waals surface area contributed by atoms with Gasteiger partial charge in [0.05, 0.1) is 0 Å². The summed E-state index contributed by atoms with van der Waals surface area (Å²) in [5.74, 6) is 0. The van der Waals surface area contributed by atoms with E-state index >= 15 is 0 Å². The normalized spacial score (nSPS) is 12.4. The average molecular weight is 202 g/mol. The predicted molar refractivity (Wildman–Crippen MR) is 69.6 cm³/mol. The first-order chi connectivity index (χ1) is 6.74. The van der Waals surface area contributed by atoms with Crippen molar-refractivity contribution in [1.29, 1.82) is 0 Å². The van der Waals surface area contributed by atoms with E-state index < -0.39 is 0 Å². The van der Waals surface area contributed by atoms with Gasteiger partial charge in [-0.15, -0.1) is 0 Å². The minimum atomic E-state index is 0.725. The minimum Gasteiger partial charge on any atom is -0.0984 e. The lowest BCUT2D eigenvalue weighted by Gasteiger charge is -2.14. The molecule has 0 saturated carbocycles. The fourth-order valence-corrected chi connectivity index (χ4v) is 2.17. The smallest absolute Gasteiger partial charge is 0.0123 e. The van der Waals surface area contributed by atoms with Gasteiger partial charge in [0.1, 0.15) is 0 Å². The van der Waals surface area contributed by atoms with Crippen LogP contribution in [0.3, 0.4) is 0 Å². The summed E-state index contributed by atoms with van der Waals surface area (Å²) in [6.07, 6.45) is 5.07. The van der Waals surface area contributed by atoms with Gasteiger partial charge in [0.15, 0.2) is 0 Å². The molecule has 0 aliphatic rings. The van der Waals surface area contributed by atoms with Crippen LogP contribution in [-0.2, 0) is 0 Å². The summed E-state index contributed by atoms with van der Waals surface area (Å²) in [4.78, 5) is 0. The third-order valence-corrected chi connectivity index (χ3v) is 4.18. The number of hydrogen-bond acceptors (Lipinski definition) is 0. The summed E-state index contributed by atoms with van der Waals surface area (Å²) in [7, 11) is 1.20. The lowest BCUT2D eigenvalue weighted by molar-refractivity contribution is 0.880. The van der Waals surface area contributed by atoms with Gasteiger partial charge in [-0.3, -0.25) is 0 Å². The van der Waals surface area contributed by atoms with Gasteiger partial charge < -0.3 is 0 Å². The fourth-order valence-electron chi connectivity index (χ4n) is 1.67. The van der Waals surface area contributed by atoms with Gasteiger partial charge in [-0.05, 0) is 22.2 Å². The van der Waals surface area contributed by atoms with E-state index in [1.54, 1.807) is 0 Å². The average Bonchev–Trinajstić information content (AvgIpc) is 2.26. The van der Waals surface area contributed by atoms with Gasteiger partial charge in [0, 0.05) is 10.2 Å². The first-order valence-electron chi connectivity index (χ1n) is 5.12. The molecule has 1 rings (SSSR count). The van der Waals surface area contributed by atoms with Crippen molar-refractivity contribution in [2.24, 2.45) is 0 Å². The van der Waals surface area contributed by atoms with Gasteiger partial charge in [-0.25, -0.2) is 0 Å². The zero-order chi connectivity index (χ0) is 10.6. The van der Waals surface area contributed by atoms with Crippen LogP contribution in [0.15, 0.2) is 31.4 Å². The molecule has 0 radical (unpaired) electrons. The molecular weight excluding hydrogens is 184 g/mol. The van der Waals surface area contributed by atoms with Crippen LogP contribution in [0, 0.1) is 0 Å². The molecule has 0 bridgehead atoms. The Morgan fingerprint density at radius 1 is 1.36 bits per heavy atom. The maximum absolute atomic E-state index is 3.88. The van der Waals surface area contributed by atoms with Crippen molar-refractivity contribution in [3.05, 3.63) is 48.0 Å². The summed E-state index contributed by atoms with van der Waals surface area (Å²) in [5.41, 5.74) is 4.63. The molecule has 1 unspecified atom stereocenters. The van der Waals surface area contributed by atoms with E-state index in [2.05, 4.69) is 38.3 Å². The monoisotopic (exact) mass is 202 g/mol. The highest BCUT2D eigenvalue weighted by atomic mass is 28.1. The SMILES string of the molecule is C=Cc1cccc(C([SiH3])CC)c1C=C. The highest BCUT2D eigenvalue weighted by Gasteiger charge is 2.08. The van der Waals surface area contributed by atoms with E-state index in [-0.39, 0.29) is 0 Å². The maximum Gasteiger partial charge on any atom is 0.0123 e. The van der Waals surface area contributed by atoms with Crippen LogP contribution in [0.2, 0.25) is 0 Å². The number of benzene rings is 1. The summed E-state index contributed by atoms with van der Waals surface area (Å²) in [6.45, 7) is 9.96. The molecule has 0 amide bonds. The predicted octanol–water partition coefficient (Wildman–Crippen LogP) is 2.79. The zero-order valence-electron chi connectivity index (χ0n) is 9.09. The molecule has 0 N–H and O–H groups in total. The molecule has 1 heteroatoms. The molecule has 14 heavy (non-hydrogen) atoms. The van der Waals surface area contributed by atoms with Crippen molar-refractivity contribution >= 4 is 22.4 Å². The van der Waals surface area contributed by atoms with Crippen molar-refractivity contribution in [1.82, 2.24) is 0 Å². The van der Waals surface area contributed by atoms with Crippen LogP contribution in [0.1, 0.15) is 35.6 Å². The number of rotatable bonds is 4. The Bertz CT molecular complexity index is 339. The van der Waals surface area contributed by atoms with Crippen LogP contribution in [0.25, 0.3) is 12.2 Å². The Hall–Kier alpha value is -1.08. The molecule has 0 aliphatic heterocycles. The molecule has 1 atom stereocenters. The van der Waals surface area contributed by atoms with E-state index in [1.807, 2.05) is 12.2 Å². The van der Waals surface area contributed by atoms with Gasteiger partial charge in [0.2, 0.25) is 0 Å². The third kappa shape index (κ3) is 2.04. The number of hydrogen-bond donors (Lipinski definition) is 0. The van der Waals surface area contributed by atoms with Gasteiger partial charge >= 0.3 is 0 Å². The molecular formula is C13H18Si. The Kier molecular flexibility index (Phi) is 3.90. The van der Waals surface area contributed by atoms with E-state index in [9.17, 15) is 0 Å². The Labute approximate surface area is 89.8 Å². The first-order valence-corrected chi connectivity index (χ1v) is 6.27. The molecule has 74 valence electrons. The second-order valence-electron chi connectivity index (χ2n) is 3.57. The Morgan fingerprint density at radius 3 is 2.57 bits per heavy atom. The summed E-state index contributed by atoms with van der Waals surface area (Å²) in [6, 6.07) is 6.42. The van der Waals surface area contributed by atoms with E-state index in [0.29, 0.717) is 0 Å². The van der Waals surface area contributed by atoms with Crippen LogP contribution in [0.4, 0.5) is 0 Å². The molecule has 0 aliphatic carbocycles. The van der Waals surface area contributed by atoms with Crippen molar-refractivity contribution in [3.63, 3.8) is 0 Å². The molecule has 1 aromatic rings. The summed E-state index contributed by atoms with van der Waals surface area (Å²) < 4.78 is 0. The summed E-state index contributed by atoms with van der Waals surface area (Å²) >= 11 is 0. The first kappa shape index (κ1) is 11.0. The highest BCUT2D eigenvalue weighted by molar-refractivity contribution is 6.12. The van der Waals surface area contributed by atoms with Crippen molar-refractivity contribution in [3.8, 4) is 0 Å². The van der Waals surface area contributed by atoms with Crippen LogP contribution in [0.5, 0.6) is 0 Å². The van der Waals surface area contributed by atoms with Gasteiger partial charge in [-0.2, -0.15) is 0 Å². The van der Waals surface area contributed by atoms with Crippen LogP contribution < -0.4 is 0 Å². The maximum atomic E-state index is 3.88. The fraction of sp³-hybridized carbons (Fsp3) is 0.231. The van der Waals surface area contributed by atoms with Crippen LogP contribution in [-0.4, -0.2) is 10.2 Å². The molecule has 0 spiro atoms. The minimum absolute atomic E-state index is 0.725. The third-order valence-electron chi connectivity index (χ3n) is 2.74. The lowest BCUT2D eigenvalue weighted by Crippen LogP contribution is -2.00. The molecule has 0 fully saturated rings. The van der Waals surface area contributed by atoms with E-state index in [4.69, 9.17) is 0 Å². The molecule has 0 aromatic heterocycles. The zero-order valence-corrected chi connectivity index (χ0v) is 11.1. The van der Waals surface area contributed by atoms with Gasteiger partial charge in [-0.1, -0.05) is 56.9 Å². The highest BCUT2D eigenvalue weighted by Crippen LogP contribution is 2.24. The largest absolute Gasteiger partial charge is 0.0984 e. The quantitative estimate of drug-likeness (QED) is 0.659. The molecule has 0 nitrogen and oxygen atoms in total. The van der Waals surface area contributed by atoms with Crippen molar-refractivity contribution < 1.29 is 0 Å². The Balaban J connectivity index is 3.28. The second kappa shape index (κ2) is 4.96.